The largest absolute Gasteiger partial charge is 0.453 e. The molecule has 3 aromatic heterocycles. The molecule has 1 atom stereocenters. The van der Waals surface area contributed by atoms with Crippen molar-refractivity contribution in [2.45, 2.75) is 66.0 Å². The van der Waals surface area contributed by atoms with Gasteiger partial charge in [-0.25, -0.2) is 14.2 Å². The van der Waals surface area contributed by atoms with Gasteiger partial charge < -0.3 is 29.8 Å². The van der Waals surface area contributed by atoms with E-state index in [0.29, 0.717) is 42.0 Å². The highest BCUT2D eigenvalue weighted by Crippen LogP contribution is 2.21. The number of ether oxygens (including phenoxy) is 1. The number of halogens is 1. The van der Waals surface area contributed by atoms with Crippen LogP contribution in [0.2, 0.25) is 0 Å². The van der Waals surface area contributed by atoms with Crippen molar-refractivity contribution in [1.29, 1.82) is 0 Å². The molecule has 0 radical (unpaired) electrons. The van der Waals surface area contributed by atoms with E-state index in [2.05, 4.69) is 30.3 Å². The fraction of sp³-hybridized carbons (Fsp3) is 0.484. The van der Waals surface area contributed by atoms with Crippen molar-refractivity contribution < 1.29 is 23.5 Å². The molecule has 0 saturated carbocycles. The maximum absolute atomic E-state index is 14.6. The topological polar surface area (TPSA) is 151 Å². The maximum Gasteiger partial charge on any atom is 0.407 e. The summed E-state index contributed by atoms with van der Waals surface area (Å²) in [6.45, 7) is 8.14. The first kappa shape index (κ1) is 33.9. The molecule has 238 valence electrons. The number of imidazole rings is 1. The summed E-state index contributed by atoms with van der Waals surface area (Å²) in [5.41, 5.74) is 1.58. The van der Waals surface area contributed by atoms with Crippen LogP contribution < -0.4 is 16.2 Å². The summed E-state index contributed by atoms with van der Waals surface area (Å²) in [7, 11) is 4.42. The zero-order valence-corrected chi connectivity index (χ0v) is 26.4. The Morgan fingerprint density at radius 1 is 1.14 bits per heavy atom. The van der Waals surface area contributed by atoms with Gasteiger partial charge in [-0.05, 0) is 55.7 Å². The molecule has 0 spiro atoms. The predicted molar refractivity (Wildman–Crippen MR) is 166 cm³/mol. The van der Waals surface area contributed by atoms with Crippen molar-refractivity contribution in [3.63, 3.8) is 0 Å². The second-order valence-electron chi connectivity index (χ2n) is 11.7. The maximum atomic E-state index is 14.6. The molecule has 0 aromatic carbocycles. The molecule has 3 rings (SSSR count). The number of pyridine rings is 2. The van der Waals surface area contributed by atoms with Crippen molar-refractivity contribution in [1.82, 2.24) is 29.7 Å². The molecule has 0 bridgehead atoms. The fourth-order valence-electron chi connectivity index (χ4n) is 4.60. The smallest absolute Gasteiger partial charge is 0.407 e. The minimum Gasteiger partial charge on any atom is -0.453 e. The van der Waals surface area contributed by atoms with Crippen molar-refractivity contribution in [2.24, 2.45) is 11.8 Å². The molecule has 0 aliphatic heterocycles. The first-order valence-corrected chi connectivity index (χ1v) is 14.6. The zero-order valence-electron chi connectivity index (χ0n) is 26.4. The van der Waals surface area contributed by atoms with Crippen molar-refractivity contribution in [3.8, 4) is 0 Å². The van der Waals surface area contributed by atoms with Gasteiger partial charge in [0.1, 0.15) is 23.1 Å². The number of aromatic amines is 1. The second-order valence-corrected chi connectivity index (χ2v) is 11.7. The Balaban J connectivity index is 1.93. The minimum absolute atomic E-state index is 0.00181. The zero-order chi connectivity index (χ0) is 32.6. The van der Waals surface area contributed by atoms with Crippen LogP contribution in [0.15, 0.2) is 35.3 Å². The van der Waals surface area contributed by atoms with Crippen LogP contribution in [-0.4, -0.2) is 69.6 Å². The van der Waals surface area contributed by atoms with Crippen molar-refractivity contribution >= 4 is 34.6 Å². The third-order valence-electron chi connectivity index (χ3n) is 6.77. The second kappa shape index (κ2) is 15.3. The number of H-pyrrole nitrogens is 1. The van der Waals surface area contributed by atoms with E-state index >= 15 is 0 Å². The molecule has 44 heavy (non-hydrogen) atoms. The molecule has 3 N–H and O–H groups in total. The van der Waals surface area contributed by atoms with E-state index in [1.54, 1.807) is 26.2 Å². The molecule has 0 saturated heterocycles. The number of aromatic nitrogens is 4. The number of likely N-dealkylation sites (N-methyl/N-ethyl adjacent to an activating group) is 1. The summed E-state index contributed by atoms with van der Waals surface area (Å²) in [5, 5.41) is 5.12. The summed E-state index contributed by atoms with van der Waals surface area (Å²) >= 11 is 0. The van der Waals surface area contributed by atoms with Gasteiger partial charge in [-0.2, -0.15) is 0 Å². The van der Waals surface area contributed by atoms with Gasteiger partial charge in [0.05, 0.1) is 31.1 Å². The van der Waals surface area contributed by atoms with Crippen LogP contribution in [-0.2, 0) is 33.7 Å². The SMILES string of the molecule is COC(=O)NC(CC/C=C/C(=O)N(C)C)C(=O)Nc1ccc(CC(C)C)n(Cc2nc3c(F)cnc(CC(C)C)c3[nH]2)c1=O. The van der Waals surface area contributed by atoms with Gasteiger partial charge in [-0.15, -0.1) is 0 Å². The molecule has 0 aliphatic rings. The molecule has 13 heteroatoms. The van der Waals surface area contributed by atoms with Crippen LogP contribution in [0.5, 0.6) is 0 Å². The van der Waals surface area contributed by atoms with Gasteiger partial charge >= 0.3 is 6.09 Å². The van der Waals surface area contributed by atoms with Gasteiger partial charge in [0.15, 0.2) is 5.82 Å². The standard InChI is InChI=1S/C31H42FN7O5/c1-18(2)14-20-12-13-23(34-29(41)22(35-31(43)44-7)10-8-9-11-26(40)38(5)6)30(42)39(20)17-25-36-27-21(32)16-33-24(15-19(3)4)28(27)37-25/h9,11-13,16,18-19,22H,8,10,14-15,17H2,1-7H3,(H,34,41)(H,35,43)(H,36,37)/b11-9+. The Morgan fingerprint density at radius 2 is 1.84 bits per heavy atom. The number of nitrogens with zero attached hydrogens (tertiary/aromatic N) is 4. The number of methoxy groups -OCH3 is 1. The van der Waals surface area contributed by atoms with Gasteiger partial charge in [0.2, 0.25) is 11.8 Å². The molecule has 1 unspecified atom stereocenters. The molecule has 12 nitrogen and oxygen atoms in total. The number of carbonyl (C=O) groups excluding carboxylic acids is 3. The molecule has 3 amide bonds. The van der Waals surface area contributed by atoms with Crippen LogP contribution in [0.4, 0.5) is 14.9 Å². The first-order valence-electron chi connectivity index (χ1n) is 14.6. The van der Waals surface area contributed by atoms with Gasteiger partial charge in [0.25, 0.3) is 5.56 Å². The monoisotopic (exact) mass is 611 g/mol. The number of rotatable bonds is 13. The molecular formula is C31H42FN7O5. The molecule has 3 heterocycles. The lowest BCUT2D eigenvalue weighted by atomic mass is 10.1. The molecule has 3 aromatic rings. The summed E-state index contributed by atoms with van der Waals surface area (Å²) in [6, 6.07) is 2.24. The van der Waals surface area contributed by atoms with Crippen LogP contribution >= 0.6 is 0 Å². The first-order chi connectivity index (χ1) is 20.8. The third-order valence-corrected chi connectivity index (χ3v) is 6.77. The summed E-state index contributed by atoms with van der Waals surface area (Å²) in [5.74, 6) is -0.519. The number of hydrogen-bond acceptors (Lipinski definition) is 7. The van der Waals surface area contributed by atoms with Gasteiger partial charge in [-0.1, -0.05) is 33.8 Å². The highest BCUT2D eigenvalue weighted by molar-refractivity contribution is 5.96. The summed E-state index contributed by atoms with van der Waals surface area (Å²) < 4.78 is 20.8. The predicted octanol–water partition coefficient (Wildman–Crippen LogP) is 3.79. The minimum atomic E-state index is -1.05. The number of alkyl carbamates (subject to hydrolysis) is 1. The normalized spacial score (nSPS) is 12.2. The number of amides is 3. The van der Waals surface area contributed by atoms with E-state index in [4.69, 9.17) is 0 Å². The Labute approximate surface area is 256 Å². The highest BCUT2D eigenvalue weighted by Gasteiger charge is 2.23. The van der Waals surface area contributed by atoms with E-state index in [-0.39, 0.29) is 41.9 Å². The summed E-state index contributed by atoms with van der Waals surface area (Å²) in [6.07, 6.45) is 4.98. The number of nitrogens with one attached hydrogen (secondary N) is 3. The Kier molecular flexibility index (Phi) is 11.8. The van der Waals surface area contributed by atoms with E-state index in [0.717, 1.165) is 6.20 Å². The van der Waals surface area contributed by atoms with E-state index < -0.39 is 29.4 Å². The fourth-order valence-corrected chi connectivity index (χ4v) is 4.60. The Bertz CT molecular complexity index is 1580. The number of carbonyl (C=O) groups is 3. The van der Waals surface area contributed by atoms with E-state index in [1.165, 1.54) is 28.7 Å². The van der Waals surface area contributed by atoms with Crippen molar-refractivity contribution in [3.05, 3.63) is 63.9 Å². The average Bonchev–Trinajstić information content (AvgIpc) is 3.39. The number of fused-ring (bicyclic) bond motifs is 1. The lowest BCUT2D eigenvalue weighted by molar-refractivity contribution is -0.123. The van der Waals surface area contributed by atoms with Crippen LogP contribution in [0.1, 0.15) is 57.7 Å². The van der Waals surface area contributed by atoms with E-state index in [9.17, 15) is 23.6 Å². The average molecular weight is 612 g/mol. The van der Waals surface area contributed by atoms with Crippen LogP contribution in [0.3, 0.4) is 0 Å². The Hall–Kier alpha value is -4.55. The lowest BCUT2D eigenvalue weighted by Crippen LogP contribution is -2.44. The third kappa shape index (κ3) is 8.98. The van der Waals surface area contributed by atoms with Gasteiger partial charge in [-0.3, -0.25) is 19.4 Å². The van der Waals surface area contributed by atoms with Crippen LogP contribution in [0.25, 0.3) is 11.0 Å². The Morgan fingerprint density at radius 3 is 2.48 bits per heavy atom. The molecule has 0 aliphatic carbocycles. The van der Waals surface area contributed by atoms with E-state index in [1.807, 2.05) is 27.7 Å². The number of hydrogen-bond donors (Lipinski definition) is 3. The van der Waals surface area contributed by atoms with Crippen LogP contribution in [0, 0.1) is 17.7 Å². The molecule has 0 fully saturated rings. The van der Waals surface area contributed by atoms with Crippen molar-refractivity contribution in [2.75, 3.05) is 26.5 Å². The van der Waals surface area contributed by atoms with Gasteiger partial charge in [0, 0.05) is 19.8 Å². The lowest BCUT2D eigenvalue weighted by Gasteiger charge is -2.19. The summed E-state index contributed by atoms with van der Waals surface area (Å²) in [4.78, 5) is 64.1. The highest BCUT2D eigenvalue weighted by atomic mass is 19.1. The number of allylic oxidation sites excluding steroid dienone is 1. The number of anilines is 1. The quantitative estimate of drug-likeness (QED) is 0.249. The molecular weight excluding hydrogens is 569 g/mol.